The summed E-state index contributed by atoms with van der Waals surface area (Å²) in [7, 11) is 0. The zero-order valence-corrected chi connectivity index (χ0v) is 15.7. The molecule has 2 aromatic carbocycles. The first-order valence-electron chi connectivity index (χ1n) is 9.16. The van der Waals surface area contributed by atoms with E-state index in [4.69, 9.17) is 0 Å². The van der Waals surface area contributed by atoms with Gasteiger partial charge in [-0.1, -0.05) is 24.3 Å². The van der Waals surface area contributed by atoms with E-state index in [-0.39, 0.29) is 11.6 Å². The number of para-hydroxylation sites is 1. The van der Waals surface area contributed by atoms with Crippen molar-refractivity contribution in [3.05, 3.63) is 81.2 Å². The fraction of sp³-hybridized carbons (Fsp3) is 0.238. The highest BCUT2D eigenvalue weighted by molar-refractivity contribution is 6.05. The second-order valence-electron chi connectivity index (χ2n) is 7.08. The zero-order valence-electron chi connectivity index (χ0n) is 15.7. The van der Waals surface area contributed by atoms with Gasteiger partial charge in [-0.15, -0.1) is 0 Å². The van der Waals surface area contributed by atoms with Crippen LogP contribution in [0.4, 0.5) is 11.4 Å². The topological polar surface area (TPSA) is 90.1 Å². The summed E-state index contributed by atoms with van der Waals surface area (Å²) >= 11 is 0. The lowest BCUT2D eigenvalue weighted by atomic mass is 10.1. The summed E-state index contributed by atoms with van der Waals surface area (Å²) in [6.07, 6.45) is 3.63. The number of hydrogen-bond acceptors (Lipinski definition) is 4. The van der Waals surface area contributed by atoms with Crippen LogP contribution in [-0.2, 0) is 0 Å². The predicted octanol–water partition coefficient (Wildman–Crippen LogP) is 4.53. The average Bonchev–Trinajstić information content (AvgIpc) is 3.41. The second-order valence-corrected chi connectivity index (χ2v) is 7.08. The number of nitro groups is 1. The number of nitrogens with one attached hydrogen (secondary N) is 1. The fourth-order valence-electron chi connectivity index (χ4n) is 3.42. The van der Waals surface area contributed by atoms with E-state index in [9.17, 15) is 14.9 Å². The van der Waals surface area contributed by atoms with E-state index in [1.807, 2.05) is 35.9 Å². The lowest BCUT2D eigenvalue weighted by molar-refractivity contribution is -0.385. The van der Waals surface area contributed by atoms with Crippen molar-refractivity contribution in [2.75, 3.05) is 5.32 Å². The molecule has 1 saturated carbocycles. The molecule has 1 heterocycles. The van der Waals surface area contributed by atoms with Gasteiger partial charge in [-0.05, 0) is 44.4 Å². The van der Waals surface area contributed by atoms with E-state index in [0.29, 0.717) is 22.7 Å². The van der Waals surface area contributed by atoms with Crippen LogP contribution in [0.3, 0.4) is 0 Å². The largest absolute Gasteiger partial charge is 0.321 e. The van der Waals surface area contributed by atoms with Crippen LogP contribution < -0.4 is 5.32 Å². The zero-order chi connectivity index (χ0) is 19.8. The molecule has 142 valence electrons. The Bertz CT molecular complexity index is 1080. The fourth-order valence-corrected chi connectivity index (χ4v) is 3.42. The lowest BCUT2D eigenvalue weighted by Crippen LogP contribution is -2.15. The number of aromatic nitrogens is 2. The van der Waals surface area contributed by atoms with Crippen LogP contribution in [0.25, 0.3) is 5.69 Å². The van der Waals surface area contributed by atoms with Crippen molar-refractivity contribution in [3.63, 3.8) is 0 Å². The molecule has 1 N–H and O–H groups in total. The van der Waals surface area contributed by atoms with Crippen LogP contribution >= 0.6 is 0 Å². The number of anilines is 1. The molecule has 0 aliphatic heterocycles. The molecule has 0 unspecified atom stereocenters. The number of nitrogens with zero attached hydrogens (tertiary/aromatic N) is 3. The van der Waals surface area contributed by atoms with Gasteiger partial charge in [-0.3, -0.25) is 14.9 Å². The minimum Gasteiger partial charge on any atom is -0.321 e. The molecule has 0 atom stereocenters. The molecule has 7 heteroatoms. The Morgan fingerprint density at radius 1 is 1.18 bits per heavy atom. The molecule has 0 bridgehead atoms. The monoisotopic (exact) mass is 376 g/mol. The maximum absolute atomic E-state index is 13.0. The number of amides is 1. The van der Waals surface area contributed by atoms with Gasteiger partial charge in [-0.2, -0.15) is 5.10 Å². The number of rotatable bonds is 5. The molecule has 1 fully saturated rings. The molecule has 4 rings (SSSR count). The summed E-state index contributed by atoms with van der Waals surface area (Å²) < 4.78 is 1.85. The van der Waals surface area contributed by atoms with Crippen molar-refractivity contribution in [2.45, 2.75) is 32.6 Å². The normalized spacial score (nSPS) is 13.4. The Kier molecular flexibility index (Phi) is 4.43. The maximum atomic E-state index is 13.0. The van der Waals surface area contributed by atoms with Crippen LogP contribution in [0, 0.1) is 24.0 Å². The van der Waals surface area contributed by atoms with Crippen LogP contribution in [0.1, 0.15) is 45.9 Å². The van der Waals surface area contributed by atoms with E-state index in [0.717, 1.165) is 29.8 Å². The first-order chi connectivity index (χ1) is 13.5. The van der Waals surface area contributed by atoms with Crippen molar-refractivity contribution in [2.24, 2.45) is 0 Å². The lowest BCUT2D eigenvalue weighted by Gasteiger charge is -2.12. The van der Waals surface area contributed by atoms with Gasteiger partial charge in [0, 0.05) is 12.0 Å². The number of hydrogen-bond donors (Lipinski definition) is 1. The van der Waals surface area contributed by atoms with Crippen LogP contribution in [0.15, 0.2) is 48.7 Å². The first kappa shape index (κ1) is 17.9. The van der Waals surface area contributed by atoms with Crippen molar-refractivity contribution in [3.8, 4) is 5.69 Å². The molecule has 3 aromatic rings. The molecular formula is C21H20N4O3. The van der Waals surface area contributed by atoms with Crippen molar-refractivity contribution >= 4 is 17.3 Å². The van der Waals surface area contributed by atoms with Gasteiger partial charge in [0.15, 0.2) is 0 Å². The van der Waals surface area contributed by atoms with Gasteiger partial charge in [0.2, 0.25) is 0 Å². The summed E-state index contributed by atoms with van der Waals surface area (Å²) in [6, 6.07) is 12.6. The van der Waals surface area contributed by atoms with E-state index in [1.54, 1.807) is 25.3 Å². The minimum atomic E-state index is -0.448. The highest BCUT2D eigenvalue weighted by Crippen LogP contribution is 2.43. The van der Waals surface area contributed by atoms with Crippen molar-refractivity contribution < 1.29 is 9.72 Å². The number of aryl methyl sites for hydroxylation is 1. The van der Waals surface area contributed by atoms with E-state index >= 15 is 0 Å². The third kappa shape index (κ3) is 3.15. The second kappa shape index (κ2) is 6.92. The molecule has 0 spiro atoms. The number of carbonyl (C=O) groups excluding carboxylic acids is 1. The van der Waals surface area contributed by atoms with Crippen LogP contribution in [0.5, 0.6) is 0 Å². The molecule has 1 amide bonds. The highest BCUT2D eigenvalue weighted by Gasteiger charge is 2.33. The summed E-state index contributed by atoms with van der Waals surface area (Å²) in [4.78, 5) is 23.7. The van der Waals surface area contributed by atoms with Gasteiger partial charge in [0.05, 0.1) is 39.3 Å². The van der Waals surface area contributed by atoms with Gasteiger partial charge >= 0.3 is 0 Å². The third-order valence-corrected chi connectivity index (χ3v) is 5.11. The van der Waals surface area contributed by atoms with Gasteiger partial charge in [0.25, 0.3) is 11.6 Å². The smallest absolute Gasteiger partial charge is 0.274 e. The summed E-state index contributed by atoms with van der Waals surface area (Å²) in [5, 5.41) is 18.5. The first-order valence-corrected chi connectivity index (χ1v) is 9.16. The van der Waals surface area contributed by atoms with Crippen LogP contribution in [-0.4, -0.2) is 20.6 Å². The Morgan fingerprint density at radius 2 is 1.93 bits per heavy atom. The molecule has 7 nitrogen and oxygen atoms in total. The Labute approximate surface area is 162 Å². The Hall–Kier alpha value is -3.48. The van der Waals surface area contributed by atoms with Gasteiger partial charge in [-0.25, -0.2) is 4.68 Å². The molecule has 0 saturated heterocycles. The average molecular weight is 376 g/mol. The summed E-state index contributed by atoms with van der Waals surface area (Å²) in [6.45, 7) is 3.65. The quantitative estimate of drug-likeness (QED) is 0.523. The number of carbonyl (C=O) groups is 1. The van der Waals surface area contributed by atoms with Crippen molar-refractivity contribution in [1.82, 2.24) is 9.78 Å². The minimum absolute atomic E-state index is 0.0178. The molecule has 0 radical (unpaired) electrons. The molecular weight excluding hydrogens is 356 g/mol. The van der Waals surface area contributed by atoms with E-state index in [1.165, 1.54) is 6.07 Å². The SMILES string of the molecule is Cc1ccccc1-n1ncc(C(=O)Nc2cccc([N+](=O)[O-])c2C)c1C1CC1. The predicted molar refractivity (Wildman–Crippen MR) is 106 cm³/mol. The number of benzene rings is 2. The molecule has 28 heavy (non-hydrogen) atoms. The van der Waals surface area contributed by atoms with E-state index in [2.05, 4.69) is 10.4 Å². The number of nitro benzene ring substituents is 1. The molecule has 1 aliphatic rings. The summed E-state index contributed by atoms with van der Waals surface area (Å²) in [5.74, 6) is -0.000560. The highest BCUT2D eigenvalue weighted by atomic mass is 16.6. The summed E-state index contributed by atoms with van der Waals surface area (Å²) in [5.41, 5.74) is 4.29. The molecule has 1 aliphatic carbocycles. The third-order valence-electron chi connectivity index (χ3n) is 5.11. The van der Waals surface area contributed by atoms with Crippen molar-refractivity contribution in [1.29, 1.82) is 0 Å². The Morgan fingerprint density at radius 3 is 2.61 bits per heavy atom. The van der Waals surface area contributed by atoms with E-state index < -0.39 is 4.92 Å². The standard InChI is InChI=1S/C21H20N4O3/c1-13-6-3-4-8-18(13)24-20(15-10-11-15)16(12-22-24)21(26)23-17-7-5-9-19(14(17)2)25(27)28/h3-9,12,15H,10-11H2,1-2H3,(H,23,26). The van der Waals surface area contributed by atoms with Gasteiger partial charge in [0.1, 0.15) is 0 Å². The maximum Gasteiger partial charge on any atom is 0.274 e. The van der Waals surface area contributed by atoms with Crippen LogP contribution in [0.2, 0.25) is 0 Å². The van der Waals surface area contributed by atoms with Gasteiger partial charge < -0.3 is 5.32 Å². The Balaban J connectivity index is 1.71. The molecule has 1 aromatic heterocycles.